The van der Waals surface area contributed by atoms with Gasteiger partial charge in [-0.2, -0.15) is 0 Å². The van der Waals surface area contributed by atoms with E-state index in [2.05, 4.69) is 17.0 Å². The van der Waals surface area contributed by atoms with Crippen LogP contribution in [0.15, 0.2) is 18.2 Å². The monoisotopic (exact) mass is 314 g/mol. The topological polar surface area (TPSA) is 43.8 Å². The average Bonchev–Trinajstić information content (AvgIpc) is 3.27. The van der Waals surface area contributed by atoms with Gasteiger partial charge in [-0.15, -0.1) is 0 Å². The highest BCUT2D eigenvalue weighted by Gasteiger charge is 2.40. The van der Waals surface area contributed by atoms with Crippen LogP contribution in [0.2, 0.25) is 0 Å². The van der Waals surface area contributed by atoms with Gasteiger partial charge in [-0.05, 0) is 74.9 Å². The largest absolute Gasteiger partial charge is 0.387 e. The second-order valence-electron chi connectivity index (χ2n) is 7.52. The van der Waals surface area contributed by atoms with Crippen molar-refractivity contribution in [3.05, 3.63) is 34.9 Å². The summed E-state index contributed by atoms with van der Waals surface area (Å²) in [6.07, 6.45) is 6.59. The van der Waals surface area contributed by atoms with Crippen LogP contribution in [0.4, 0.5) is 0 Å². The molecule has 2 saturated heterocycles. The molecule has 1 unspecified atom stereocenters. The molecule has 2 aliphatic heterocycles. The van der Waals surface area contributed by atoms with Crippen LogP contribution >= 0.6 is 0 Å². The summed E-state index contributed by atoms with van der Waals surface area (Å²) < 4.78 is 0. The van der Waals surface area contributed by atoms with Gasteiger partial charge in [-0.25, -0.2) is 0 Å². The molecule has 0 aromatic heterocycles. The highest BCUT2D eigenvalue weighted by Crippen LogP contribution is 2.27. The van der Waals surface area contributed by atoms with E-state index in [0.29, 0.717) is 26.1 Å². The molecule has 23 heavy (non-hydrogen) atoms. The molecule has 124 valence electrons. The molecule has 4 rings (SSSR count). The molecule has 4 nitrogen and oxygen atoms in total. The number of hydrogen-bond acceptors (Lipinski definition) is 3. The highest BCUT2D eigenvalue weighted by atomic mass is 16.3. The molecule has 2 fully saturated rings. The van der Waals surface area contributed by atoms with Crippen LogP contribution in [0.3, 0.4) is 0 Å². The number of likely N-dealkylation sites (tertiary alicyclic amines) is 2. The molecule has 1 N–H and O–H groups in total. The van der Waals surface area contributed by atoms with Crippen LogP contribution in [0.1, 0.15) is 47.2 Å². The highest BCUT2D eigenvalue weighted by molar-refractivity contribution is 5.94. The van der Waals surface area contributed by atoms with Gasteiger partial charge in [0.2, 0.25) is 0 Å². The van der Waals surface area contributed by atoms with Gasteiger partial charge in [-0.1, -0.05) is 6.07 Å². The number of β-amino-alcohol motifs (C(OH)–C–C–N with tert-alkyl or cyclic N) is 1. The normalized spacial score (nSPS) is 27.6. The quantitative estimate of drug-likeness (QED) is 0.926. The van der Waals surface area contributed by atoms with Crippen molar-refractivity contribution in [2.75, 3.05) is 32.7 Å². The Labute approximate surface area is 138 Å². The number of fused-ring (bicyclic) bond motifs is 1. The number of rotatable bonds is 3. The number of amides is 1. The summed E-state index contributed by atoms with van der Waals surface area (Å²) in [6, 6.07) is 6.15. The molecule has 1 aliphatic carbocycles. The van der Waals surface area contributed by atoms with E-state index in [-0.39, 0.29) is 5.91 Å². The number of nitrogens with zero attached hydrogens (tertiary/aromatic N) is 2. The van der Waals surface area contributed by atoms with E-state index in [1.807, 2.05) is 11.0 Å². The summed E-state index contributed by atoms with van der Waals surface area (Å²) in [7, 11) is 0. The molecule has 1 atom stereocenters. The Balaban J connectivity index is 1.43. The van der Waals surface area contributed by atoms with Gasteiger partial charge in [0.25, 0.3) is 5.91 Å². The van der Waals surface area contributed by atoms with Crippen molar-refractivity contribution >= 4 is 5.91 Å². The molecule has 0 saturated carbocycles. The van der Waals surface area contributed by atoms with E-state index >= 15 is 0 Å². The molecule has 4 heteroatoms. The first-order valence-corrected chi connectivity index (χ1v) is 8.99. The van der Waals surface area contributed by atoms with Crippen molar-refractivity contribution < 1.29 is 9.90 Å². The number of benzene rings is 1. The predicted octanol–water partition coefficient (Wildman–Crippen LogP) is 1.85. The smallest absolute Gasteiger partial charge is 0.253 e. The summed E-state index contributed by atoms with van der Waals surface area (Å²) in [4.78, 5) is 16.9. The minimum absolute atomic E-state index is 0.0806. The summed E-state index contributed by atoms with van der Waals surface area (Å²) in [6.45, 7) is 4.02. The van der Waals surface area contributed by atoms with E-state index in [4.69, 9.17) is 0 Å². The maximum Gasteiger partial charge on any atom is 0.253 e. The second kappa shape index (κ2) is 5.91. The number of carbonyl (C=O) groups excluding carboxylic acids is 1. The number of hydrogen-bond donors (Lipinski definition) is 1. The third kappa shape index (κ3) is 3.02. The molecular formula is C19H26N2O2. The van der Waals surface area contributed by atoms with Gasteiger partial charge >= 0.3 is 0 Å². The molecule has 1 aromatic carbocycles. The van der Waals surface area contributed by atoms with Crippen molar-refractivity contribution in [2.24, 2.45) is 0 Å². The van der Waals surface area contributed by atoms with E-state index < -0.39 is 5.60 Å². The van der Waals surface area contributed by atoms with Crippen LogP contribution in [0.5, 0.6) is 0 Å². The molecule has 0 spiro atoms. The van der Waals surface area contributed by atoms with Crippen molar-refractivity contribution in [1.29, 1.82) is 0 Å². The molecule has 2 heterocycles. The lowest BCUT2D eigenvalue weighted by Gasteiger charge is -2.28. The van der Waals surface area contributed by atoms with Crippen LogP contribution in [-0.4, -0.2) is 59.1 Å². The van der Waals surface area contributed by atoms with Crippen LogP contribution in [-0.2, 0) is 12.8 Å². The van der Waals surface area contributed by atoms with E-state index in [9.17, 15) is 9.90 Å². The number of aliphatic hydroxyl groups is 1. The van der Waals surface area contributed by atoms with Crippen molar-refractivity contribution in [2.45, 2.75) is 44.1 Å². The average molecular weight is 314 g/mol. The number of aryl methyl sites for hydroxylation is 2. The van der Waals surface area contributed by atoms with Crippen LogP contribution < -0.4 is 0 Å². The standard InChI is InChI=1S/C19H26N2O2/c22-18(17-7-6-15-4-3-5-16(15)12-17)21-11-8-19(23,14-21)13-20-9-1-2-10-20/h6-7,12,23H,1-5,8-11,13-14H2. The van der Waals surface area contributed by atoms with Crippen molar-refractivity contribution in [3.63, 3.8) is 0 Å². The molecule has 0 radical (unpaired) electrons. The van der Waals surface area contributed by atoms with Gasteiger partial charge < -0.3 is 14.9 Å². The minimum atomic E-state index is -0.725. The first-order chi connectivity index (χ1) is 11.1. The molecule has 3 aliphatic rings. The Hall–Kier alpha value is -1.39. The maximum atomic E-state index is 12.8. The molecule has 1 amide bonds. The first kappa shape index (κ1) is 15.2. The Kier molecular flexibility index (Phi) is 3.90. The molecule has 1 aromatic rings. The van der Waals surface area contributed by atoms with Gasteiger partial charge in [0.1, 0.15) is 0 Å². The summed E-state index contributed by atoms with van der Waals surface area (Å²) >= 11 is 0. The Morgan fingerprint density at radius 3 is 2.70 bits per heavy atom. The van der Waals surface area contributed by atoms with E-state index in [1.54, 1.807) is 0 Å². The third-order valence-electron chi connectivity index (χ3n) is 5.68. The van der Waals surface area contributed by atoms with E-state index in [0.717, 1.165) is 31.5 Å². The first-order valence-electron chi connectivity index (χ1n) is 8.99. The summed E-state index contributed by atoms with van der Waals surface area (Å²) in [5.41, 5.74) is 2.79. The zero-order chi connectivity index (χ0) is 15.9. The lowest BCUT2D eigenvalue weighted by atomic mass is 10.0. The predicted molar refractivity (Wildman–Crippen MR) is 89.6 cm³/mol. The van der Waals surface area contributed by atoms with Gasteiger partial charge in [-0.3, -0.25) is 4.79 Å². The summed E-state index contributed by atoms with van der Waals surface area (Å²) in [5.74, 6) is 0.0806. The van der Waals surface area contributed by atoms with Crippen LogP contribution in [0.25, 0.3) is 0 Å². The SMILES string of the molecule is O=C(c1ccc2c(c1)CCC2)N1CCC(O)(CN2CCCC2)C1. The Morgan fingerprint density at radius 1 is 1.09 bits per heavy atom. The maximum absolute atomic E-state index is 12.8. The fourth-order valence-electron chi connectivity index (χ4n) is 4.40. The zero-order valence-electron chi connectivity index (χ0n) is 13.8. The van der Waals surface area contributed by atoms with Gasteiger partial charge in [0.05, 0.1) is 12.1 Å². The zero-order valence-corrected chi connectivity index (χ0v) is 13.8. The fraction of sp³-hybridized carbons (Fsp3) is 0.632. The third-order valence-corrected chi connectivity index (χ3v) is 5.68. The lowest BCUT2D eigenvalue weighted by molar-refractivity contribution is 0.0175. The van der Waals surface area contributed by atoms with Crippen molar-refractivity contribution in [3.8, 4) is 0 Å². The Bertz CT molecular complexity index is 609. The number of carbonyl (C=O) groups is 1. The minimum Gasteiger partial charge on any atom is -0.387 e. The van der Waals surface area contributed by atoms with Crippen LogP contribution in [0, 0.1) is 0 Å². The van der Waals surface area contributed by atoms with Crippen molar-refractivity contribution in [1.82, 2.24) is 9.80 Å². The summed E-state index contributed by atoms with van der Waals surface area (Å²) in [5, 5.41) is 10.8. The molecule has 0 bridgehead atoms. The fourth-order valence-corrected chi connectivity index (χ4v) is 4.40. The molecular weight excluding hydrogens is 288 g/mol. The van der Waals surface area contributed by atoms with E-state index in [1.165, 1.54) is 30.4 Å². The second-order valence-corrected chi connectivity index (χ2v) is 7.52. The van der Waals surface area contributed by atoms with Gasteiger partial charge in [0, 0.05) is 18.7 Å². The Morgan fingerprint density at radius 2 is 1.87 bits per heavy atom. The van der Waals surface area contributed by atoms with Gasteiger partial charge in [0.15, 0.2) is 0 Å². The lowest BCUT2D eigenvalue weighted by Crippen LogP contribution is -2.45.